The molecule has 0 aliphatic carbocycles. The van der Waals surface area contributed by atoms with Gasteiger partial charge in [0.15, 0.2) is 11.5 Å². The number of nitrogens with zero attached hydrogens (tertiary/aromatic N) is 1. The molecule has 1 aliphatic rings. The van der Waals surface area contributed by atoms with Crippen molar-refractivity contribution in [2.24, 2.45) is 11.7 Å². The first-order chi connectivity index (χ1) is 9.49. The maximum atomic E-state index is 12.1. The van der Waals surface area contributed by atoms with Crippen molar-refractivity contribution in [3.05, 3.63) is 23.8 Å². The third-order valence-electron chi connectivity index (χ3n) is 3.41. The van der Waals surface area contributed by atoms with Crippen LogP contribution >= 0.6 is 0 Å². The molecule has 0 saturated heterocycles. The molecule has 2 rings (SSSR count). The zero-order valence-corrected chi connectivity index (χ0v) is 12.3. The van der Waals surface area contributed by atoms with Crippen LogP contribution in [0.3, 0.4) is 0 Å². The third-order valence-corrected chi connectivity index (χ3v) is 3.41. The minimum absolute atomic E-state index is 0.0464. The summed E-state index contributed by atoms with van der Waals surface area (Å²) in [6, 6.07) is 5.28. The van der Waals surface area contributed by atoms with E-state index in [0.29, 0.717) is 19.8 Å². The van der Waals surface area contributed by atoms with E-state index in [9.17, 15) is 4.79 Å². The molecule has 0 radical (unpaired) electrons. The van der Waals surface area contributed by atoms with E-state index in [1.807, 2.05) is 32.0 Å². The Bertz CT molecular complexity index is 488. The Kier molecular flexibility index (Phi) is 4.49. The normalized spacial score (nSPS) is 15.1. The monoisotopic (exact) mass is 278 g/mol. The summed E-state index contributed by atoms with van der Waals surface area (Å²) in [5, 5.41) is 0. The lowest BCUT2D eigenvalue weighted by molar-refractivity contribution is -0.132. The lowest BCUT2D eigenvalue weighted by Crippen LogP contribution is -2.44. The van der Waals surface area contributed by atoms with Gasteiger partial charge in [-0.25, -0.2) is 0 Å². The van der Waals surface area contributed by atoms with Crippen LogP contribution in [-0.4, -0.2) is 37.1 Å². The summed E-state index contributed by atoms with van der Waals surface area (Å²) in [6.07, 6.45) is 0. The van der Waals surface area contributed by atoms with E-state index in [4.69, 9.17) is 15.2 Å². The first kappa shape index (κ1) is 14.7. The largest absolute Gasteiger partial charge is 0.486 e. The van der Waals surface area contributed by atoms with Gasteiger partial charge in [-0.1, -0.05) is 19.9 Å². The van der Waals surface area contributed by atoms with Crippen LogP contribution < -0.4 is 15.2 Å². The number of likely N-dealkylation sites (N-methyl/N-ethyl adjacent to an activating group) is 1. The fraction of sp³-hybridized carbons (Fsp3) is 0.533. The fourth-order valence-electron chi connectivity index (χ4n) is 2.08. The molecule has 0 fully saturated rings. The lowest BCUT2D eigenvalue weighted by atomic mass is 10.0. The van der Waals surface area contributed by atoms with E-state index in [-0.39, 0.29) is 11.8 Å². The Labute approximate surface area is 119 Å². The molecule has 1 aromatic rings. The van der Waals surface area contributed by atoms with Crippen LogP contribution in [-0.2, 0) is 11.3 Å². The number of amides is 1. The van der Waals surface area contributed by atoms with Crippen molar-refractivity contribution in [1.82, 2.24) is 4.90 Å². The van der Waals surface area contributed by atoms with Gasteiger partial charge in [0.1, 0.15) is 13.2 Å². The van der Waals surface area contributed by atoms with Gasteiger partial charge in [-0.2, -0.15) is 0 Å². The second-order valence-corrected chi connectivity index (χ2v) is 5.44. The van der Waals surface area contributed by atoms with Gasteiger partial charge in [0, 0.05) is 13.6 Å². The van der Waals surface area contributed by atoms with Gasteiger partial charge in [-0.15, -0.1) is 0 Å². The smallest absolute Gasteiger partial charge is 0.239 e. The van der Waals surface area contributed by atoms with Crippen LogP contribution in [0, 0.1) is 5.92 Å². The Balaban J connectivity index is 2.04. The molecule has 1 aromatic carbocycles. The van der Waals surface area contributed by atoms with Crippen LogP contribution in [0.2, 0.25) is 0 Å². The Hall–Kier alpha value is -1.75. The van der Waals surface area contributed by atoms with E-state index in [1.165, 1.54) is 0 Å². The second kappa shape index (κ2) is 6.13. The van der Waals surface area contributed by atoms with Crippen LogP contribution in [0.1, 0.15) is 19.4 Å². The predicted molar refractivity (Wildman–Crippen MR) is 76.7 cm³/mol. The number of rotatable bonds is 4. The average molecular weight is 278 g/mol. The maximum absolute atomic E-state index is 12.1. The van der Waals surface area contributed by atoms with Gasteiger partial charge in [-0.05, 0) is 23.6 Å². The molecule has 1 atom stereocenters. The Morgan fingerprint density at radius 2 is 1.95 bits per heavy atom. The lowest BCUT2D eigenvalue weighted by Gasteiger charge is -2.24. The summed E-state index contributed by atoms with van der Waals surface area (Å²) < 4.78 is 11.0. The summed E-state index contributed by atoms with van der Waals surface area (Å²) in [7, 11) is 1.77. The van der Waals surface area contributed by atoms with Gasteiger partial charge < -0.3 is 20.1 Å². The quantitative estimate of drug-likeness (QED) is 0.904. The summed E-state index contributed by atoms with van der Waals surface area (Å²) >= 11 is 0. The van der Waals surface area contributed by atoms with Crippen molar-refractivity contribution in [2.75, 3.05) is 20.3 Å². The highest BCUT2D eigenvalue weighted by Gasteiger charge is 2.21. The van der Waals surface area contributed by atoms with Gasteiger partial charge in [-0.3, -0.25) is 4.79 Å². The Morgan fingerprint density at radius 1 is 1.30 bits per heavy atom. The SMILES string of the molecule is CC(C)C(N)C(=O)N(C)Cc1ccc2c(c1)OCCO2. The first-order valence-electron chi connectivity index (χ1n) is 6.88. The van der Waals surface area contributed by atoms with Gasteiger partial charge in [0.25, 0.3) is 0 Å². The number of ether oxygens (including phenoxy) is 2. The number of hydrogen-bond acceptors (Lipinski definition) is 4. The molecule has 0 spiro atoms. The first-order valence-corrected chi connectivity index (χ1v) is 6.88. The molecule has 1 amide bonds. The van der Waals surface area contributed by atoms with Crippen LogP contribution in [0.15, 0.2) is 18.2 Å². The van der Waals surface area contributed by atoms with Crippen LogP contribution in [0.25, 0.3) is 0 Å². The molecule has 1 unspecified atom stereocenters. The molecular weight excluding hydrogens is 256 g/mol. The van der Waals surface area contributed by atoms with E-state index >= 15 is 0 Å². The average Bonchev–Trinajstić information content (AvgIpc) is 2.45. The van der Waals surface area contributed by atoms with Crippen molar-refractivity contribution in [1.29, 1.82) is 0 Å². The standard InChI is InChI=1S/C15H22N2O3/c1-10(2)14(16)15(18)17(3)9-11-4-5-12-13(8-11)20-7-6-19-12/h4-5,8,10,14H,6-7,9,16H2,1-3H3. The van der Waals surface area contributed by atoms with E-state index in [0.717, 1.165) is 17.1 Å². The molecule has 20 heavy (non-hydrogen) atoms. The van der Waals surface area contributed by atoms with E-state index in [1.54, 1.807) is 11.9 Å². The highest BCUT2D eigenvalue weighted by atomic mass is 16.6. The zero-order valence-electron chi connectivity index (χ0n) is 12.3. The number of nitrogens with two attached hydrogens (primary N) is 1. The van der Waals surface area contributed by atoms with E-state index < -0.39 is 6.04 Å². The van der Waals surface area contributed by atoms with Crippen LogP contribution in [0.5, 0.6) is 11.5 Å². The van der Waals surface area contributed by atoms with Crippen molar-refractivity contribution >= 4 is 5.91 Å². The summed E-state index contributed by atoms with van der Waals surface area (Å²) in [5.41, 5.74) is 6.89. The predicted octanol–water partition coefficient (Wildman–Crippen LogP) is 1.40. The minimum Gasteiger partial charge on any atom is -0.486 e. The molecule has 5 nitrogen and oxygen atoms in total. The topological polar surface area (TPSA) is 64.8 Å². The molecule has 0 bridgehead atoms. The number of hydrogen-bond donors (Lipinski definition) is 1. The molecule has 110 valence electrons. The van der Waals surface area contributed by atoms with Crippen molar-refractivity contribution in [3.63, 3.8) is 0 Å². The summed E-state index contributed by atoms with van der Waals surface area (Å²) in [5.74, 6) is 1.58. The molecule has 0 aromatic heterocycles. The molecular formula is C15H22N2O3. The van der Waals surface area contributed by atoms with Crippen molar-refractivity contribution in [3.8, 4) is 11.5 Å². The summed E-state index contributed by atoms with van der Waals surface area (Å²) in [4.78, 5) is 13.8. The molecule has 1 heterocycles. The summed E-state index contributed by atoms with van der Waals surface area (Å²) in [6.45, 7) is 5.54. The number of carbonyl (C=O) groups excluding carboxylic acids is 1. The zero-order chi connectivity index (χ0) is 14.7. The van der Waals surface area contributed by atoms with Gasteiger partial charge in [0.2, 0.25) is 5.91 Å². The van der Waals surface area contributed by atoms with Gasteiger partial charge >= 0.3 is 0 Å². The molecule has 5 heteroatoms. The highest BCUT2D eigenvalue weighted by Crippen LogP contribution is 2.31. The van der Waals surface area contributed by atoms with Gasteiger partial charge in [0.05, 0.1) is 6.04 Å². The van der Waals surface area contributed by atoms with Crippen molar-refractivity contribution in [2.45, 2.75) is 26.4 Å². The number of benzene rings is 1. The molecule has 1 aliphatic heterocycles. The number of fused-ring (bicyclic) bond motifs is 1. The minimum atomic E-state index is -0.461. The molecule has 0 saturated carbocycles. The van der Waals surface area contributed by atoms with E-state index in [2.05, 4.69) is 0 Å². The third kappa shape index (κ3) is 3.22. The second-order valence-electron chi connectivity index (χ2n) is 5.44. The van der Waals surface area contributed by atoms with Crippen molar-refractivity contribution < 1.29 is 14.3 Å². The highest BCUT2D eigenvalue weighted by molar-refractivity contribution is 5.81. The maximum Gasteiger partial charge on any atom is 0.239 e. The number of carbonyl (C=O) groups is 1. The fourth-order valence-corrected chi connectivity index (χ4v) is 2.08. The molecule has 2 N–H and O–H groups in total. The van der Waals surface area contributed by atoms with Crippen LogP contribution in [0.4, 0.5) is 0 Å². The Morgan fingerprint density at radius 3 is 2.60 bits per heavy atom.